The number of aromatic nitrogens is 1. The molecule has 0 atom stereocenters. The van der Waals surface area contributed by atoms with Crippen LogP contribution in [0.4, 0.5) is 5.69 Å². The van der Waals surface area contributed by atoms with Crippen molar-refractivity contribution in [2.24, 2.45) is 0 Å². The number of hydrogen-bond acceptors (Lipinski definition) is 4. The number of hydrogen-bond donors (Lipinski definition) is 2. The number of thiazole rings is 1. The van der Waals surface area contributed by atoms with E-state index < -0.39 is 5.97 Å². The Labute approximate surface area is 96.4 Å². The molecule has 5 heteroatoms. The Kier molecular flexibility index (Phi) is 2.62. The van der Waals surface area contributed by atoms with E-state index in [1.54, 1.807) is 11.4 Å². The number of aromatic carboxylic acids is 1. The number of rotatable bonds is 2. The van der Waals surface area contributed by atoms with Crippen molar-refractivity contribution in [3.63, 3.8) is 0 Å². The van der Waals surface area contributed by atoms with Gasteiger partial charge >= 0.3 is 5.97 Å². The molecule has 0 saturated heterocycles. The highest BCUT2D eigenvalue weighted by Crippen LogP contribution is 2.25. The van der Waals surface area contributed by atoms with Gasteiger partial charge in [-0.2, -0.15) is 0 Å². The molecule has 16 heavy (non-hydrogen) atoms. The maximum absolute atomic E-state index is 10.7. The lowest BCUT2D eigenvalue weighted by Gasteiger charge is -2.01. The number of nitrogens with zero attached hydrogens (tertiary/aromatic N) is 1. The van der Waals surface area contributed by atoms with Gasteiger partial charge in [-0.05, 0) is 18.6 Å². The van der Waals surface area contributed by atoms with Crippen LogP contribution in [0.2, 0.25) is 0 Å². The van der Waals surface area contributed by atoms with Crippen LogP contribution in [-0.2, 0) is 0 Å². The van der Waals surface area contributed by atoms with Crippen LogP contribution in [0.5, 0.6) is 0 Å². The van der Waals surface area contributed by atoms with Gasteiger partial charge in [-0.3, -0.25) is 0 Å². The van der Waals surface area contributed by atoms with Crippen molar-refractivity contribution in [3.8, 4) is 11.3 Å². The molecule has 0 radical (unpaired) electrons. The molecule has 0 unspecified atom stereocenters. The number of nitrogens with two attached hydrogens (primary N) is 1. The first-order valence-corrected chi connectivity index (χ1v) is 5.51. The van der Waals surface area contributed by atoms with Crippen LogP contribution >= 0.6 is 11.3 Å². The first-order valence-electron chi connectivity index (χ1n) is 4.63. The zero-order valence-corrected chi connectivity index (χ0v) is 9.41. The Morgan fingerprint density at radius 2 is 2.25 bits per heavy atom. The van der Waals surface area contributed by atoms with Crippen molar-refractivity contribution < 1.29 is 9.90 Å². The van der Waals surface area contributed by atoms with Crippen molar-refractivity contribution in [1.82, 2.24) is 4.98 Å². The molecular formula is C11H10N2O2S. The van der Waals surface area contributed by atoms with E-state index in [4.69, 9.17) is 10.8 Å². The quantitative estimate of drug-likeness (QED) is 0.782. The largest absolute Gasteiger partial charge is 0.476 e. The van der Waals surface area contributed by atoms with Crippen molar-refractivity contribution in [3.05, 3.63) is 34.2 Å². The fraction of sp³-hybridized carbons (Fsp3) is 0.0909. The minimum Gasteiger partial charge on any atom is -0.476 e. The Morgan fingerprint density at radius 3 is 2.81 bits per heavy atom. The molecule has 0 spiro atoms. The highest BCUT2D eigenvalue weighted by molar-refractivity contribution is 7.11. The van der Waals surface area contributed by atoms with Gasteiger partial charge in [0.15, 0.2) is 0 Å². The minimum atomic E-state index is -1.00. The van der Waals surface area contributed by atoms with E-state index in [0.29, 0.717) is 11.4 Å². The van der Waals surface area contributed by atoms with Gasteiger partial charge in [-0.15, -0.1) is 11.3 Å². The van der Waals surface area contributed by atoms with Crippen molar-refractivity contribution in [2.75, 3.05) is 5.73 Å². The minimum absolute atomic E-state index is 0.0918. The average Bonchev–Trinajstić information content (AvgIpc) is 2.71. The summed E-state index contributed by atoms with van der Waals surface area (Å²) in [5, 5.41) is 10.6. The molecule has 4 nitrogen and oxygen atoms in total. The van der Waals surface area contributed by atoms with Crippen LogP contribution in [-0.4, -0.2) is 16.1 Å². The molecule has 1 aromatic heterocycles. The second-order valence-electron chi connectivity index (χ2n) is 3.41. The molecular weight excluding hydrogens is 224 g/mol. The zero-order chi connectivity index (χ0) is 11.7. The maximum Gasteiger partial charge on any atom is 0.365 e. The van der Waals surface area contributed by atoms with Crippen molar-refractivity contribution >= 4 is 23.0 Å². The fourth-order valence-corrected chi connectivity index (χ4v) is 1.97. The van der Waals surface area contributed by atoms with E-state index in [1.165, 1.54) is 0 Å². The molecule has 1 aromatic carbocycles. The fourth-order valence-electron chi connectivity index (χ4n) is 1.30. The van der Waals surface area contributed by atoms with Gasteiger partial charge in [0, 0.05) is 16.6 Å². The van der Waals surface area contributed by atoms with Gasteiger partial charge in [0.05, 0.1) is 5.69 Å². The van der Waals surface area contributed by atoms with Crippen molar-refractivity contribution in [2.45, 2.75) is 6.92 Å². The topological polar surface area (TPSA) is 76.2 Å². The van der Waals surface area contributed by atoms with Gasteiger partial charge in [-0.1, -0.05) is 12.1 Å². The maximum atomic E-state index is 10.7. The van der Waals surface area contributed by atoms with Crippen LogP contribution in [0.3, 0.4) is 0 Å². The van der Waals surface area contributed by atoms with Gasteiger partial charge in [-0.25, -0.2) is 9.78 Å². The summed E-state index contributed by atoms with van der Waals surface area (Å²) in [6.45, 7) is 1.92. The average molecular weight is 234 g/mol. The van der Waals surface area contributed by atoms with E-state index in [1.807, 2.05) is 19.1 Å². The van der Waals surface area contributed by atoms with E-state index in [2.05, 4.69) is 4.98 Å². The Balaban J connectivity index is 2.42. The third-order valence-corrected chi connectivity index (χ3v) is 3.09. The molecule has 0 aliphatic rings. The van der Waals surface area contributed by atoms with Crippen LogP contribution < -0.4 is 5.73 Å². The molecule has 3 N–H and O–H groups in total. The van der Waals surface area contributed by atoms with E-state index in [9.17, 15) is 4.79 Å². The molecule has 82 valence electrons. The Hall–Kier alpha value is -1.88. The molecule has 0 bridgehead atoms. The summed E-state index contributed by atoms with van der Waals surface area (Å²) in [4.78, 5) is 14.7. The number of carbonyl (C=O) groups is 1. The second-order valence-corrected chi connectivity index (χ2v) is 4.27. The second kappa shape index (κ2) is 3.94. The SMILES string of the molecule is Cc1ccc(-c2csc(C(=O)O)n2)cc1N. The predicted octanol–water partition coefficient (Wildman–Crippen LogP) is 2.40. The Morgan fingerprint density at radius 1 is 1.50 bits per heavy atom. The lowest BCUT2D eigenvalue weighted by molar-refractivity contribution is 0.0696. The molecule has 0 amide bonds. The predicted molar refractivity (Wildman–Crippen MR) is 63.7 cm³/mol. The number of carboxylic acids is 1. The molecule has 1 heterocycles. The number of carboxylic acid groups (broad SMARTS) is 1. The van der Waals surface area contributed by atoms with Gasteiger partial charge < -0.3 is 10.8 Å². The van der Waals surface area contributed by atoms with Gasteiger partial charge in [0.2, 0.25) is 5.01 Å². The summed E-state index contributed by atoms with van der Waals surface area (Å²) in [6, 6.07) is 5.58. The standard InChI is InChI=1S/C11H10N2O2S/c1-6-2-3-7(4-8(6)12)9-5-16-10(13-9)11(14)15/h2-5H,12H2,1H3,(H,14,15). The third-order valence-electron chi connectivity index (χ3n) is 2.26. The molecule has 0 aliphatic carbocycles. The lowest BCUT2D eigenvalue weighted by Crippen LogP contribution is -1.94. The number of nitrogen functional groups attached to an aromatic ring is 1. The summed E-state index contributed by atoms with van der Waals surface area (Å²) >= 11 is 1.11. The number of benzene rings is 1. The van der Waals surface area contributed by atoms with E-state index in [-0.39, 0.29) is 5.01 Å². The summed E-state index contributed by atoms with van der Waals surface area (Å²) < 4.78 is 0. The molecule has 2 rings (SSSR count). The molecule has 0 saturated carbocycles. The third kappa shape index (κ3) is 1.90. The first-order chi connectivity index (χ1) is 7.58. The summed E-state index contributed by atoms with van der Waals surface area (Å²) in [5.74, 6) is -1.00. The molecule has 0 aliphatic heterocycles. The van der Waals surface area contributed by atoms with Crippen LogP contribution in [0, 0.1) is 6.92 Å². The van der Waals surface area contributed by atoms with Crippen LogP contribution in [0.15, 0.2) is 23.6 Å². The first kappa shape index (κ1) is 10.6. The summed E-state index contributed by atoms with van der Waals surface area (Å²) in [5.41, 5.74) is 8.95. The van der Waals surface area contributed by atoms with Gasteiger partial charge in [0.25, 0.3) is 0 Å². The van der Waals surface area contributed by atoms with Crippen LogP contribution in [0.25, 0.3) is 11.3 Å². The van der Waals surface area contributed by atoms with Crippen LogP contribution in [0.1, 0.15) is 15.4 Å². The van der Waals surface area contributed by atoms with E-state index in [0.717, 1.165) is 22.5 Å². The highest BCUT2D eigenvalue weighted by atomic mass is 32.1. The van der Waals surface area contributed by atoms with E-state index >= 15 is 0 Å². The normalized spacial score (nSPS) is 10.3. The summed E-state index contributed by atoms with van der Waals surface area (Å²) in [7, 11) is 0. The van der Waals surface area contributed by atoms with Gasteiger partial charge in [0.1, 0.15) is 0 Å². The monoisotopic (exact) mass is 234 g/mol. The molecule has 2 aromatic rings. The molecule has 0 fully saturated rings. The number of aryl methyl sites for hydroxylation is 1. The zero-order valence-electron chi connectivity index (χ0n) is 8.60. The lowest BCUT2D eigenvalue weighted by atomic mass is 10.1. The summed E-state index contributed by atoms with van der Waals surface area (Å²) in [6.07, 6.45) is 0. The Bertz CT molecular complexity index is 549. The smallest absolute Gasteiger partial charge is 0.365 e. The van der Waals surface area contributed by atoms with Crippen molar-refractivity contribution in [1.29, 1.82) is 0 Å². The highest BCUT2D eigenvalue weighted by Gasteiger charge is 2.10. The number of anilines is 1.